The first-order chi connectivity index (χ1) is 27.4. The third kappa shape index (κ3) is 8.21. The van der Waals surface area contributed by atoms with Crippen molar-refractivity contribution in [3.63, 3.8) is 0 Å². The van der Waals surface area contributed by atoms with Crippen LogP contribution in [0.15, 0.2) is 97.7 Å². The Hall–Kier alpha value is -5.42. The highest BCUT2D eigenvalue weighted by atomic mass is 35.5. The molecule has 1 aromatic heterocycles. The number of amides is 2. The highest BCUT2D eigenvalue weighted by Gasteiger charge is 2.33. The van der Waals surface area contributed by atoms with Crippen molar-refractivity contribution in [2.75, 3.05) is 36.5 Å². The van der Waals surface area contributed by atoms with Gasteiger partial charge in [0.25, 0.3) is 5.91 Å². The van der Waals surface area contributed by atoms with Crippen molar-refractivity contribution >= 4 is 86.3 Å². The van der Waals surface area contributed by atoms with E-state index in [0.717, 1.165) is 28.5 Å². The number of carboxylic acids is 1. The zero-order valence-corrected chi connectivity index (χ0v) is 33.8. The van der Waals surface area contributed by atoms with Crippen LogP contribution in [0.5, 0.6) is 0 Å². The van der Waals surface area contributed by atoms with Crippen molar-refractivity contribution in [1.82, 2.24) is 14.8 Å². The molecular weight excluding hydrogens is 785 g/mol. The standard InChI is InChI=1S/C44H42Cl3N5O5/c1-4-51(27(3)33-14-12-30(45)24-35(33)47)41(26(2)28-9-6-5-7-10-28)39-34-15-13-31(46)25-36(34)48-40(39)42(53)49-37-23-29(43(54)55)11-16-38(37)50-20-17-32(18-21-50)52-19-8-22-57-44(52)56/h4-7,9-16,23-25,27,32,48H,1,8,17-22H2,2-3H3,(H,49,53)(H,54,55)/b41-26+. The first kappa shape index (κ1) is 39.8. The Bertz CT molecular complexity index is 2390. The zero-order valence-electron chi connectivity index (χ0n) is 31.5. The van der Waals surface area contributed by atoms with E-state index in [9.17, 15) is 19.5 Å². The predicted octanol–water partition coefficient (Wildman–Crippen LogP) is 11.0. The minimum Gasteiger partial charge on any atom is -0.478 e. The molecule has 7 rings (SSSR count). The monoisotopic (exact) mass is 825 g/mol. The summed E-state index contributed by atoms with van der Waals surface area (Å²) in [7, 11) is 0. The molecule has 0 saturated carbocycles. The number of benzene rings is 4. The minimum absolute atomic E-state index is 0.0238. The molecular formula is C44H42Cl3N5O5. The second kappa shape index (κ2) is 17.0. The van der Waals surface area contributed by atoms with Crippen LogP contribution >= 0.6 is 34.8 Å². The van der Waals surface area contributed by atoms with Crippen LogP contribution in [0.2, 0.25) is 15.1 Å². The summed E-state index contributed by atoms with van der Waals surface area (Å²) in [5.41, 5.74) is 5.73. The highest BCUT2D eigenvalue weighted by molar-refractivity contribution is 6.35. The number of cyclic esters (lactones) is 1. The Balaban J connectivity index is 1.33. The van der Waals surface area contributed by atoms with Crippen molar-refractivity contribution in [2.45, 2.75) is 45.2 Å². The molecule has 13 heteroatoms. The van der Waals surface area contributed by atoms with Gasteiger partial charge in [-0.25, -0.2) is 9.59 Å². The summed E-state index contributed by atoms with van der Waals surface area (Å²) in [4.78, 5) is 48.9. The maximum atomic E-state index is 14.9. The first-order valence-corrected chi connectivity index (χ1v) is 19.9. The number of ether oxygens (including phenoxy) is 1. The number of carbonyl (C=O) groups excluding carboxylic acids is 2. The van der Waals surface area contributed by atoms with Gasteiger partial charge in [-0.2, -0.15) is 0 Å². The van der Waals surface area contributed by atoms with E-state index in [0.29, 0.717) is 82.3 Å². The summed E-state index contributed by atoms with van der Waals surface area (Å²) in [5.74, 6) is -1.62. The summed E-state index contributed by atoms with van der Waals surface area (Å²) in [6.45, 7) is 10.5. The molecule has 1 unspecified atom stereocenters. The molecule has 1 atom stereocenters. The van der Waals surface area contributed by atoms with Crippen molar-refractivity contribution in [3.05, 3.63) is 141 Å². The van der Waals surface area contributed by atoms with Crippen molar-refractivity contribution < 1.29 is 24.2 Å². The number of aromatic amines is 1. The number of anilines is 2. The van der Waals surface area contributed by atoms with Crippen LogP contribution in [0, 0.1) is 0 Å². The second-order valence-electron chi connectivity index (χ2n) is 14.2. The Kier molecular flexibility index (Phi) is 11.9. The predicted molar refractivity (Wildman–Crippen MR) is 228 cm³/mol. The van der Waals surface area contributed by atoms with Gasteiger partial charge in [0, 0.05) is 57.2 Å². The van der Waals surface area contributed by atoms with Crippen LogP contribution in [-0.4, -0.2) is 70.1 Å². The average molecular weight is 827 g/mol. The molecule has 57 heavy (non-hydrogen) atoms. The van der Waals surface area contributed by atoms with Gasteiger partial charge in [0.15, 0.2) is 0 Å². The Morgan fingerprint density at radius 2 is 1.68 bits per heavy atom. The molecule has 2 fully saturated rings. The number of nitrogens with zero attached hydrogens (tertiary/aromatic N) is 3. The van der Waals surface area contributed by atoms with Crippen molar-refractivity contribution in [3.8, 4) is 0 Å². The van der Waals surface area contributed by atoms with Gasteiger partial charge >= 0.3 is 12.1 Å². The first-order valence-electron chi connectivity index (χ1n) is 18.8. The lowest BCUT2D eigenvalue weighted by Crippen LogP contribution is -2.50. The quantitative estimate of drug-likeness (QED) is 0.121. The van der Waals surface area contributed by atoms with Crippen LogP contribution < -0.4 is 10.2 Å². The second-order valence-corrected chi connectivity index (χ2v) is 15.5. The third-order valence-electron chi connectivity index (χ3n) is 10.8. The van der Waals surface area contributed by atoms with Crippen LogP contribution in [0.1, 0.15) is 76.7 Å². The fourth-order valence-electron chi connectivity index (χ4n) is 7.90. The number of hydrogen-bond acceptors (Lipinski definition) is 6. The van der Waals surface area contributed by atoms with E-state index in [4.69, 9.17) is 39.5 Å². The van der Waals surface area contributed by atoms with Crippen LogP contribution in [-0.2, 0) is 4.74 Å². The fraction of sp³-hybridized carbons (Fsp3) is 0.250. The molecule has 0 aliphatic carbocycles. The smallest absolute Gasteiger partial charge is 0.410 e. The van der Waals surface area contributed by atoms with E-state index < -0.39 is 11.9 Å². The number of hydrogen-bond donors (Lipinski definition) is 3. The number of piperidine rings is 1. The maximum Gasteiger partial charge on any atom is 0.410 e. The van der Waals surface area contributed by atoms with Gasteiger partial charge in [-0.15, -0.1) is 0 Å². The van der Waals surface area contributed by atoms with E-state index in [-0.39, 0.29) is 29.4 Å². The summed E-state index contributed by atoms with van der Waals surface area (Å²) in [6.07, 6.45) is 3.61. The SMILES string of the molecule is C=CN(/C(=C(\C)c1ccccc1)c1c(C(=O)Nc2cc(C(=O)O)ccc2N2CCC(N3CCCOC3=O)CC2)[nH]c2cc(Cl)ccc12)C(C)c1ccc(Cl)cc1Cl. The van der Waals surface area contributed by atoms with E-state index in [1.165, 1.54) is 12.1 Å². The molecule has 3 heterocycles. The Morgan fingerprint density at radius 3 is 2.37 bits per heavy atom. The average Bonchev–Trinajstić information content (AvgIpc) is 3.58. The molecule has 2 aliphatic rings. The summed E-state index contributed by atoms with van der Waals surface area (Å²) in [6, 6.07) is 25.0. The van der Waals surface area contributed by atoms with Crippen molar-refractivity contribution in [2.24, 2.45) is 0 Å². The van der Waals surface area contributed by atoms with Crippen LogP contribution in [0.3, 0.4) is 0 Å². The van der Waals surface area contributed by atoms with Crippen LogP contribution in [0.4, 0.5) is 16.2 Å². The molecule has 10 nitrogen and oxygen atoms in total. The fourth-order valence-corrected chi connectivity index (χ4v) is 8.64. The minimum atomic E-state index is -1.12. The van der Waals surface area contributed by atoms with Gasteiger partial charge < -0.3 is 34.8 Å². The molecule has 5 aromatic rings. The van der Waals surface area contributed by atoms with E-state index in [1.54, 1.807) is 41.4 Å². The molecule has 2 aliphatic heterocycles. The largest absolute Gasteiger partial charge is 0.478 e. The maximum absolute atomic E-state index is 14.9. The zero-order chi connectivity index (χ0) is 40.4. The number of fused-ring (bicyclic) bond motifs is 1. The van der Waals surface area contributed by atoms with Gasteiger partial charge in [-0.3, -0.25) is 4.79 Å². The molecule has 2 saturated heterocycles. The van der Waals surface area contributed by atoms with Crippen LogP contribution in [0.25, 0.3) is 22.2 Å². The lowest BCUT2D eigenvalue weighted by atomic mass is 9.95. The summed E-state index contributed by atoms with van der Waals surface area (Å²) >= 11 is 19.6. The molecule has 3 N–H and O–H groups in total. The number of carbonyl (C=O) groups is 3. The van der Waals surface area contributed by atoms with E-state index in [2.05, 4.69) is 21.8 Å². The summed E-state index contributed by atoms with van der Waals surface area (Å²) in [5, 5.41) is 15.3. The Morgan fingerprint density at radius 1 is 0.965 bits per heavy atom. The summed E-state index contributed by atoms with van der Waals surface area (Å²) < 4.78 is 5.29. The van der Waals surface area contributed by atoms with Gasteiger partial charge in [0.2, 0.25) is 0 Å². The highest BCUT2D eigenvalue weighted by Crippen LogP contribution is 2.43. The molecule has 294 valence electrons. The molecule has 4 aromatic carbocycles. The third-order valence-corrected chi connectivity index (χ3v) is 11.6. The van der Waals surface area contributed by atoms with Gasteiger partial charge in [-0.05, 0) is 98.5 Å². The number of halogens is 3. The van der Waals surface area contributed by atoms with E-state index >= 15 is 0 Å². The van der Waals surface area contributed by atoms with Crippen molar-refractivity contribution in [1.29, 1.82) is 0 Å². The molecule has 0 radical (unpaired) electrons. The number of nitrogens with one attached hydrogen (secondary N) is 2. The number of rotatable bonds is 11. The molecule has 0 bridgehead atoms. The number of aromatic nitrogens is 1. The molecule has 0 spiro atoms. The normalized spacial score (nSPS) is 15.8. The van der Waals surface area contributed by atoms with Gasteiger partial charge in [0.05, 0.1) is 35.3 Å². The number of carboxylic acid groups (broad SMARTS) is 1. The lowest BCUT2D eigenvalue weighted by molar-refractivity contribution is 0.0499. The topological polar surface area (TPSA) is 118 Å². The molecule has 2 amide bonds. The lowest BCUT2D eigenvalue weighted by Gasteiger charge is -2.40. The number of H-pyrrole nitrogens is 1. The van der Waals surface area contributed by atoms with Gasteiger partial charge in [-0.1, -0.05) is 83.8 Å². The van der Waals surface area contributed by atoms with E-state index in [1.807, 2.05) is 61.2 Å². The Labute approximate surface area is 346 Å². The number of aromatic carboxylic acids is 1. The number of allylic oxidation sites excluding steroid dienone is 1. The van der Waals surface area contributed by atoms with Gasteiger partial charge in [0.1, 0.15) is 5.69 Å².